The lowest BCUT2D eigenvalue weighted by atomic mass is 10.0. The fourth-order valence-corrected chi connectivity index (χ4v) is 2.49. The summed E-state index contributed by atoms with van der Waals surface area (Å²) in [4.78, 5) is 12.0. The van der Waals surface area contributed by atoms with Crippen LogP contribution in [-0.2, 0) is 4.79 Å². The largest absolute Gasteiger partial charge is 0.322 e. The minimum absolute atomic E-state index is 0.122. The van der Waals surface area contributed by atoms with Gasteiger partial charge in [-0.15, -0.1) is 0 Å². The Balaban J connectivity index is 2.09. The zero-order chi connectivity index (χ0) is 15.2. The molecule has 0 unspecified atom stereocenters. The Morgan fingerprint density at radius 3 is 2.62 bits per heavy atom. The first-order valence-corrected chi connectivity index (χ1v) is 7.69. The minimum Gasteiger partial charge on any atom is -0.322 e. The highest BCUT2D eigenvalue weighted by Crippen LogP contribution is 2.23. The van der Waals surface area contributed by atoms with Gasteiger partial charge in [-0.25, -0.2) is 0 Å². The zero-order valence-corrected chi connectivity index (χ0v) is 13.7. The number of carbonyl (C=O) groups is 1. The molecule has 0 heterocycles. The second kappa shape index (κ2) is 7.23. The van der Waals surface area contributed by atoms with E-state index in [1.165, 1.54) is 0 Å². The first kappa shape index (κ1) is 15.5. The Morgan fingerprint density at radius 1 is 1.14 bits per heavy atom. The molecule has 0 saturated heterocycles. The molecular weight excluding hydrogens is 326 g/mol. The van der Waals surface area contributed by atoms with E-state index in [0.29, 0.717) is 5.92 Å². The van der Waals surface area contributed by atoms with Crippen molar-refractivity contribution in [3.8, 4) is 0 Å². The van der Waals surface area contributed by atoms with Crippen LogP contribution in [0.1, 0.15) is 30.9 Å². The van der Waals surface area contributed by atoms with Gasteiger partial charge in [0, 0.05) is 16.2 Å². The third-order valence-corrected chi connectivity index (χ3v) is 3.61. The zero-order valence-electron chi connectivity index (χ0n) is 12.1. The Bertz CT molecular complexity index is 662. The number of benzene rings is 2. The molecule has 1 N–H and O–H groups in total. The molecule has 0 aliphatic heterocycles. The molecule has 0 saturated carbocycles. The van der Waals surface area contributed by atoms with Crippen molar-refractivity contribution in [1.82, 2.24) is 0 Å². The smallest absolute Gasteiger partial charge is 0.248 e. The van der Waals surface area contributed by atoms with Crippen LogP contribution in [0, 0.1) is 0 Å². The fourth-order valence-electron chi connectivity index (χ4n) is 2.07. The quantitative estimate of drug-likeness (QED) is 0.757. The van der Waals surface area contributed by atoms with E-state index in [-0.39, 0.29) is 5.91 Å². The lowest BCUT2D eigenvalue weighted by molar-refractivity contribution is -0.111. The maximum Gasteiger partial charge on any atom is 0.248 e. The monoisotopic (exact) mass is 343 g/mol. The number of halogens is 1. The number of amides is 1. The predicted octanol–water partition coefficient (Wildman–Crippen LogP) is 5.22. The first-order chi connectivity index (χ1) is 10.1. The van der Waals surface area contributed by atoms with Crippen LogP contribution in [0.15, 0.2) is 59.1 Å². The van der Waals surface area contributed by atoms with E-state index in [0.717, 1.165) is 21.3 Å². The van der Waals surface area contributed by atoms with Crippen molar-refractivity contribution in [3.63, 3.8) is 0 Å². The number of carbonyl (C=O) groups excluding carboxylic acids is 1. The van der Waals surface area contributed by atoms with Crippen LogP contribution in [0.25, 0.3) is 6.08 Å². The van der Waals surface area contributed by atoms with Crippen LogP contribution < -0.4 is 5.32 Å². The molecule has 108 valence electrons. The van der Waals surface area contributed by atoms with Gasteiger partial charge < -0.3 is 5.32 Å². The Hall–Kier alpha value is -1.87. The van der Waals surface area contributed by atoms with Gasteiger partial charge in [-0.3, -0.25) is 4.79 Å². The summed E-state index contributed by atoms with van der Waals surface area (Å²) in [6.45, 7) is 4.23. The lowest BCUT2D eigenvalue weighted by Gasteiger charge is -2.12. The molecule has 0 aliphatic rings. The summed E-state index contributed by atoms with van der Waals surface area (Å²) in [5.74, 6) is 0.249. The third kappa shape index (κ3) is 4.57. The number of nitrogens with one attached hydrogen (secondary N) is 1. The first-order valence-electron chi connectivity index (χ1n) is 6.90. The van der Waals surface area contributed by atoms with E-state index >= 15 is 0 Å². The Kier molecular flexibility index (Phi) is 5.34. The minimum atomic E-state index is -0.122. The van der Waals surface area contributed by atoms with Gasteiger partial charge >= 0.3 is 0 Å². The van der Waals surface area contributed by atoms with Crippen molar-refractivity contribution in [1.29, 1.82) is 0 Å². The summed E-state index contributed by atoms with van der Waals surface area (Å²) in [5.41, 5.74) is 3.00. The molecule has 3 heteroatoms. The van der Waals surface area contributed by atoms with Gasteiger partial charge in [0.2, 0.25) is 5.91 Å². The van der Waals surface area contributed by atoms with Crippen molar-refractivity contribution < 1.29 is 4.79 Å². The van der Waals surface area contributed by atoms with Crippen molar-refractivity contribution in [3.05, 3.63) is 70.2 Å². The molecule has 2 aromatic rings. The van der Waals surface area contributed by atoms with Crippen molar-refractivity contribution in [2.24, 2.45) is 0 Å². The molecule has 0 aliphatic carbocycles. The molecule has 0 atom stereocenters. The third-order valence-electron chi connectivity index (χ3n) is 3.12. The number of hydrogen-bond donors (Lipinski definition) is 1. The number of hydrogen-bond acceptors (Lipinski definition) is 1. The summed E-state index contributed by atoms with van der Waals surface area (Å²) in [6, 6.07) is 15.7. The maximum atomic E-state index is 12.0. The summed E-state index contributed by atoms with van der Waals surface area (Å²) >= 11 is 3.41. The van der Waals surface area contributed by atoms with E-state index in [4.69, 9.17) is 0 Å². The number of anilines is 1. The molecule has 21 heavy (non-hydrogen) atoms. The van der Waals surface area contributed by atoms with Gasteiger partial charge in [-0.2, -0.15) is 0 Å². The van der Waals surface area contributed by atoms with E-state index in [2.05, 4.69) is 35.1 Å². The van der Waals surface area contributed by atoms with Crippen molar-refractivity contribution in [2.75, 3.05) is 5.32 Å². The van der Waals surface area contributed by atoms with Gasteiger partial charge in [0.05, 0.1) is 0 Å². The highest BCUT2D eigenvalue weighted by molar-refractivity contribution is 9.10. The normalized spacial score (nSPS) is 11.0. The van der Waals surface area contributed by atoms with Gasteiger partial charge in [0.25, 0.3) is 0 Å². The average Bonchev–Trinajstić information content (AvgIpc) is 2.45. The van der Waals surface area contributed by atoms with Crippen LogP contribution in [0.5, 0.6) is 0 Å². The molecule has 0 radical (unpaired) electrons. The SMILES string of the molecule is CC(C)c1ccccc1NC(=O)/C=C/c1cccc(Br)c1. The van der Waals surface area contributed by atoms with Gasteiger partial charge in [-0.1, -0.05) is 60.1 Å². The molecule has 0 aromatic heterocycles. The van der Waals surface area contributed by atoms with Crippen molar-refractivity contribution >= 4 is 33.6 Å². The van der Waals surface area contributed by atoms with E-state index < -0.39 is 0 Å². The molecule has 0 fully saturated rings. The maximum absolute atomic E-state index is 12.0. The van der Waals surface area contributed by atoms with Gasteiger partial charge in [0.1, 0.15) is 0 Å². The Labute approximate surface area is 134 Å². The topological polar surface area (TPSA) is 29.1 Å². The van der Waals surface area contributed by atoms with E-state index in [1.54, 1.807) is 12.2 Å². The molecule has 0 bridgehead atoms. The summed E-state index contributed by atoms with van der Waals surface area (Å²) in [5, 5.41) is 2.94. The molecule has 2 nitrogen and oxygen atoms in total. The predicted molar refractivity (Wildman–Crippen MR) is 92.3 cm³/mol. The lowest BCUT2D eigenvalue weighted by Crippen LogP contribution is -2.10. The molecule has 2 rings (SSSR count). The standard InChI is InChI=1S/C18H18BrNO/c1-13(2)16-8-3-4-9-17(16)20-18(21)11-10-14-6-5-7-15(19)12-14/h3-13H,1-2H3,(H,20,21)/b11-10+. The van der Waals surface area contributed by atoms with Gasteiger partial charge in [0.15, 0.2) is 0 Å². The molecule has 0 spiro atoms. The number of para-hydroxylation sites is 1. The fraction of sp³-hybridized carbons (Fsp3) is 0.167. The van der Waals surface area contributed by atoms with Crippen LogP contribution in [-0.4, -0.2) is 5.91 Å². The van der Waals surface area contributed by atoms with Crippen molar-refractivity contribution in [2.45, 2.75) is 19.8 Å². The summed E-state index contributed by atoms with van der Waals surface area (Å²) in [7, 11) is 0. The number of rotatable bonds is 4. The van der Waals surface area contributed by atoms with Crippen LogP contribution in [0.2, 0.25) is 0 Å². The Morgan fingerprint density at radius 2 is 1.90 bits per heavy atom. The molecular formula is C18H18BrNO. The summed E-state index contributed by atoms with van der Waals surface area (Å²) in [6.07, 6.45) is 3.36. The second-order valence-corrected chi connectivity index (χ2v) is 6.04. The second-order valence-electron chi connectivity index (χ2n) is 5.12. The molecule has 1 amide bonds. The van der Waals surface area contributed by atoms with Crippen LogP contribution >= 0.6 is 15.9 Å². The van der Waals surface area contributed by atoms with Crippen LogP contribution in [0.4, 0.5) is 5.69 Å². The van der Waals surface area contributed by atoms with E-state index in [1.807, 2.05) is 48.5 Å². The van der Waals surface area contributed by atoms with Crippen LogP contribution in [0.3, 0.4) is 0 Å². The molecule has 2 aromatic carbocycles. The average molecular weight is 344 g/mol. The highest BCUT2D eigenvalue weighted by atomic mass is 79.9. The summed E-state index contributed by atoms with van der Waals surface area (Å²) < 4.78 is 0.996. The highest BCUT2D eigenvalue weighted by Gasteiger charge is 2.07. The van der Waals surface area contributed by atoms with Gasteiger partial charge in [-0.05, 0) is 41.3 Å². The van der Waals surface area contributed by atoms with E-state index in [9.17, 15) is 4.79 Å².